The molecule has 0 amide bonds. The van der Waals surface area contributed by atoms with E-state index in [0.717, 1.165) is 12.1 Å². The number of aryl methyl sites for hydroxylation is 1. The van der Waals surface area contributed by atoms with E-state index in [9.17, 15) is 4.79 Å². The summed E-state index contributed by atoms with van der Waals surface area (Å²) in [5.41, 5.74) is 0.448. The van der Waals surface area contributed by atoms with Gasteiger partial charge in [-0.1, -0.05) is 0 Å². The van der Waals surface area contributed by atoms with Crippen LogP contribution in [0, 0.1) is 5.41 Å². The van der Waals surface area contributed by atoms with E-state index in [1.54, 1.807) is 29.9 Å². The van der Waals surface area contributed by atoms with Crippen LogP contribution in [0.15, 0.2) is 24.5 Å². The predicted octanol–water partition coefficient (Wildman–Crippen LogP) is 2.74. The average molecular weight is 307 g/mol. The Kier molecular flexibility index (Phi) is 4.80. The Morgan fingerprint density at radius 1 is 1.48 bits per heavy atom. The maximum atomic E-state index is 11.0. The van der Waals surface area contributed by atoms with Gasteiger partial charge in [-0.2, -0.15) is 5.10 Å². The molecule has 0 aliphatic heterocycles. The summed E-state index contributed by atoms with van der Waals surface area (Å²) in [5.74, 6) is -0.751. The predicted molar refractivity (Wildman–Crippen MR) is 84.3 cm³/mol. The largest absolute Gasteiger partial charge is 0.481 e. The lowest BCUT2D eigenvalue weighted by molar-refractivity contribution is -0.147. The third-order valence-electron chi connectivity index (χ3n) is 3.46. The van der Waals surface area contributed by atoms with Crippen molar-refractivity contribution in [2.75, 3.05) is 6.54 Å². The Hall–Kier alpha value is -1.66. The van der Waals surface area contributed by atoms with Gasteiger partial charge in [-0.3, -0.25) is 9.48 Å². The summed E-state index contributed by atoms with van der Waals surface area (Å²) in [4.78, 5) is 13.5. The molecule has 0 saturated heterocycles. The first kappa shape index (κ1) is 15.7. The molecular weight excluding hydrogens is 286 g/mol. The number of hydrogen-bond acceptors (Lipinski definition) is 4. The molecule has 2 heterocycles. The van der Waals surface area contributed by atoms with Crippen molar-refractivity contribution >= 4 is 17.3 Å². The van der Waals surface area contributed by atoms with Crippen molar-refractivity contribution in [3.8, 4) is 10.4 Å². The van der Waals surface area contributed by atoms with Crippen LogP contribution in [0.2, 0.25) is 0 Å². The molecule has 0 saturated carbocycles. The maximum Gasteiger partial charge on any atom is 0.309 e. The molecule has 0 aliphatic rings. The minimum Gasteiger partial charge on any atom is -0.481 e. The van der Waals surface area contributed by atoms with Crippen LogP contribution in [0.5, 0.6) is 0 Å². The molecule has 0 radical (unpaired) electrons. The molecule has 0 bridgehead atoms. The van der Waals surface area contributed by atoms with E-state index in [4.69, 9.17) is 5.11 Å². The standard InChI is InChI=1S/C15H21N3O2S/c1-15(2,14(19)20)6-7-16-9-12-4-5-13(21-12)11-8-17-18(3)10-11/h4-5,8,10,16H,6-7,9H2,1-3H3,(H,19,20). The number of nitrogens with zero attached hydrogens (tertiary/aromatic N) is 2. The number of carbonyl (C=O) groups is 1. The topological polar surface area (TPSA) is 67.2 Å². The Labute approximate surface area is 128 Å². The Morgan fingerprint density at radius 3 is 2.86 bits per heavy atom. The highest BCUT2D eigenvalue weighted by Gasteiger charge is 2.26. The van der Waals surface area contributed by atoms with Crippen LogP contribution in [0.25, 0.3) is 10.4 Å². The average Bonchev–Trinajstić information content (AvgIpc) is 3.03. The van der Waals surface area contributed by atoms with Gasteiger partial charge in [-0.15, -0.1) is 11.3 Å². The zero-order valence-corrected chi connectivity index (χ0v) is 13.4. The van der Waals surface area contributed by atoms with Crippen molar-refractivity contribution in [2.45, 2.75) is 26.8 Å². The SMILES string of the molecule is Cn1cc(-c2ccc(CNCCC(C)(C)C(=O)O)s2)cn1. The van der Waals surface area contributed by atoms with Crippen LogP contribution in [-0.2, 0) is 18.4 Å². The summed E-state index contributed by atoms with van der Waals surface area (Å²) in [6.45, 7) is 4.96. The van der Waals surface area contributed by atoms with Gasteiger partial charge in [0.15, 0.2) is 0 Å². The van der Waals surface area contributed by atoms with E-state index in [2.05, 4.69) is 22.5 Å². The van der Waals surface area contributed by atoms with Gasteiger partial charge in [0.05, 0.1) is 11.6 Å². The normalized spacial score (nSPS) is 11.8. The maximum absolute atomic E-state index is 11.0. The van der Waals surface area contributed by atoms with E-state index >= 15 is 0 Å². The van der Waals surface area contributed by atoms with E-state index < -0.39 is 11.4 Å². The van der Waals surface area contributed by atoms with Gasteiger partial charge >= 0.3 is 5.97 Å². The Morgan fingerprint density at radius 2 is 2.24 bits per heavy atom. The lowest BCUT2D eigenvalue weighted by atomic mass is 9.90. The molecule has 2 N–H and O–H groups in total. The highest BCUT2D eigenvalue weighted by atomic mass is 32.1. The number of aromatic nitrogens is 2. The van der Waals surface area contributed by atoms with Crippen molar-refractivity contribution < 1.29 is 9.90 Å². The van der Waals surface area contributed by atoms with Gasteiger partial charge in [0.25, 0.3) is 0 Å². The number of nitrogens with one attached hydrogen (secondary N) is 1. The van der Waals surface area contributed by atoms with Crippen molar-refractivity contribution in [1.82, 2.24) is 15.1 Å². The summed E-state index contributed by atoms with van der Waals surface area (Å²) in [5, 5.41) is 16.5. The first-order chi connectivity index (χ1) is 9.88. The monoisotopic (exact) mass is 307 g/mol. The van der Waals surface area contributed by atoms with Crippen LogP contribution >= 0.6 is 11.3 Å². The van der Waals surface area contributed by atoms with Gasteiger partial charge in [-0.05, 0) is 38.9 Å². The van der Waals surface area contributed by atoms with Gasteiger partial charge < -0.3 is 10.4 Å². The molecule has 0 spiro atoms. The molecule has 114 valence electrons. The van der Waals surface area contributed by atoms with E-state index in [0.29, 0.717) is 13.0 Å². The number of aliphatic carboxylic acids is 1. The second-order valence-corrected chi connectivity index (χ2v) is 6.95. The molecule has 0 fully saturated rings. The van der Waals surface area contributed by atoms with E-state index in [-0.39, 0.29) is 0 Å². The third-order valence-corrected chi connectivity index (χ3v) is 4.59. The molecule has 0 atom stereocenters. The highest BCUT2D eigenvalue weighted by Crippen LogP contribution is 2.27. The smallest absolute Gasteiger partial charge is 0.309 e. The van der Waals surface area contributed by atoms with Crippen LogP contribution in [0.1, 0.15) is 25.1 Å². The number of rotatable bonds is 7. The van der Waals surface area contributed by atoms with Gasteiger partial charge in [0.2, 0.25) is 0 Å². The highest BCUT2D eigenvalue weighted by molar-refractivity contribution is 7.15. The van der Waals surface area contributed by atoms with Gasteiger partial charge in [-0.25, -0.2) is 0 Å². The van der Waals surface area contributed by atoms with Crippen molar-refractivity contribution in [2.24, 2.45) is 12.5 Å². The van der Waals surface area contributed by atoms with Crippen LogP contribution in [-0.4, -0.2) is 27.4 Å². The summed E-state index contributed by atoms with van der Waals surface area (Å²) in [6.07, 6.45) is 4.47. The molecular formula is C15H21N3O2S. The number of carboxylic acid groups (broad SMARTS) is 1. The fourth-order valence-electron chi connectivity index (χ4n) is 1.90. The quantitative estimate of drug-likeness (QED) is 0.772. The van der Waals surface area contributed by atoms with Crippen molar-refractivity contribution in [1.29, 1.82) is 0 Å². The number of thiophene rings is 1. The molecule has 2 rings (SSSR count). The second-order valence-electron chi connectivity index (χ2n) is 5.78. The Bertz CT molecular complexity index is 616. The van der Waals surface area contributed by atoms with Crippen molar-refractivity contribution in [3.05, 3.63) is 29.4 Å². The molecule has 2 aromatic rings. The summed E-state index contributed by atoms with van der Waals surface area (Å²) >= 11 is 1.73. The lowest BCUT2D eigenvalue weighted by Gasteiger charge is -2.18. The molecule has 2 aromatic heterocycles. The Balaban J connectivity index is 1.82. The molecule has 0 aliphatic carbocycles. The van der Waals surface area contributed by atoms with Gasteiger partial charge in [0, 0.05) is 35.1 Å². The minimum absolute atomic E-state index is 0.614. The third kappa shape index (κ3) is 4.15. The summed E-state index contributed by atoms with van der Waals surface area (Å²) in [6, 6.07) is 4.20. The first-order valence-corrected chi connectivity index (χ1v) is 7.72. The molecule has 0 aromatic carbocycles. The van der Waals surface area contributed by atoms with Gasteiger partial charge in [0.1, 0.15) is 0 Å². The number of hydrogen-bond donors (Lipinski definition) is 2. The van der Waals surface area contributed by atoms with Crippen LogP contribution in [0.3, 0.4) is 0 Å². The molecule has 6 heteroatoms. The van der Waals surface area contributed by atoms with E-state index in [1.165, 1.54) is 9.75 Å². The fraction of sp³-hybridized carbons (Fsp3) is 0.467. The molecule has 21 heavy (non-hydrogen) atoms. The first-order valence-electron chi connectivity index (χ1n) is 6.90. The van der Waals surface area contributed by atoms with E-state index in [1.807, 2.05) is 19.4 Å². The lowest BCUT2D eigenvalue weighted by Crippen LogP contribution is -2.28. The summed E-state index contributed by atoms with van der Waals surface area (Å²) < 4.78 is 1.79. The summed E-state index contributed by atoms with van der Waals surface area (Å²) in [7, 11) is 1.91. The number of carboxylic acids is 1. The van der Waals surface area contributed by atoms with Crippen molar-refractivity contribution in [3.63, 3.8) is 0 Å². The molecule has 0 unspecified atom stereocenters. The van der Waals surface area contributed by atoms with Crippen LogP contribution < -0.4 is 5.32 Å². The second kappa shape index (κ2) is 6.41. The minimum atomic E-state index is -0.751. The fourth-order valence-corrected chi connectivity index (χ4v) is 2.85. The molecule has 5 nitrogen and oxygen atoms in total. The zero-order chi connectivity index (χ0) is 15.5. The van der Waals surface area contributed by atoms with Crippen LogP contribution in [0.4, 0.5) is 0 Å². The zero-order valence-electron chi connectivity index (χ0n) is 12.6.